The summed E-state index contributed by atoms with van der Waals surface area (Å²) in [6.07, 6.45) is 6.27. The van der Waals surface area contributed by atoms with E-state index in [1.165, 1.54) is 50.7 Å². The molecule has 0 amide bonds. The minimum absolute atomic E-state index is 0.145. The molecule has 0 heterocycles. The Morgan fingerprint density at radius 1 is 0.781 bits per heavy atom. The van der Waals surface area contributed by atoms with E-state index in [1.807, 2.05) is 0 Å². The van der Waals surface area contributed by atoms with Crippen molar-refractivity contribution in [2.24, 2.45) is 17.8 Å². The lowest BCUT2D eigenvalue weighted by atomic mass is 9.68. The fourth-order valence-corrected chi connectivity index (χ4v) is 7.63. The molecule has 0 unspecified atom stereocenters. The smallest absolute Gasteiger partial charge is 0.406 e. The number of alkyl halides is 3. The molecule has 8 heteroatoms. The minimum atomic E-state index is -4.64. The normalized spacial score (nSPS) is 27.3. The Balaban J connectivity index is 1.41. The summed E-state index contributed by atoms with van der Waals surface area (Å²) in [5.41, 5.74) is 1.13. The second-order valence-electron chi connectivity index (χ2n) is 9.34. The van der Waals surface area contributed by atoms with Crippen LogP contribution in [0.25, 0.3) is 0 Å². The molecule has 182 valence electrons. The third-order valence-electron chi connectivity index (χ3n) is 7.71. The number of halogens is 3. The molecule has 32 heavy (non-hydrogen) atoms. The summed E-state index contributed by atoms with van der Waals surface area (Å²) in [7, 11) is 2.56. The summed E-state index contributed by atoms with van der Waals surface area (Å²) >= 11 is 0. The van der Waals surface area contributed by atoms with E-state index in [0.717, 1.165) is 48.6 Å². The van der Waals surface area contributed by atoms with Crippen LogP contribution in [0.1, 0.15) is 69.3 Å². The van der Waals surface area contributed by atoms with Crippen molar-refractivity contribution in [3.63, 3.8) is 0 Å². The lowest BCUT2D eigenvalue weighted by Crippen LogP contribution is -2.43. The molecule has 0 radical (unpaired) electrons. The van der Waals surface area contributed by atoms with Gasteiger partial charge in [0.2, 0.25) is 0 Å². The van der Waals surface area contributed by atoms with Crippen molar-refractivity contribution in [3.05, 3.63) is 29.8 Å². The van der Waals surface area contributed by atoms with Gasteiger partial charge in [-0.2, -0.15) is 0 Å². The molecule has 1 aromatic carbocycles. The molecule has 2 saturated carbocycles. The number of ether oxygens (including phenoxy) is 1. The number of benzene rings is 1. The summed E-state index contributed by atoms with van der Waals surface area (Å²) < 4.78 is 57.7. The van der Waals surface area contributed by atoms with Gasteiger partial charge in [-0.05, 0) is 86.3 Å². The average Bonchev–Trinajstić information content (AvgIpc) is 2.80. The average molecular weight is 475 g/mol. The Morgan fingerprint density at radius 3 is 1.75 bits per heavy atom. The molecule has 4 nitrogen and oxygen atoms in total. The van der Waals surface area contributed by atoms with Gasteiger partial charge >= 0.3 is 15.2 Å². The second kappa shape index (κ2) is 11.4. The Morgan fingerprint density at radius 2 is 1.28 bits per heavy atom. The molecule has 0 saturated heterocycles. The van der Waals surface area contributed by atoms with Crippen molar-refractivity contribution in [1.29, 1.82) is 0 Å². The zero-order valence-corrected chi connectivity index (χ0v) is 20.5. The standard InChI is InChI=1S/C24H37F3O4Si/c1-28-32(29-2,30-3)17-16-18-4-6-19(7-5-18)20-8-10-21(11-9-20)22-12-14-23(15-13-22)31-24(25,26)27/h12-15,18-21H,4-11,16-17H2,1-3H3/t18-,19-,20?,21?. The first-order valence-electron chi connectivity index (χ1n) is 11.8. The zero-order valence-electron chi connectivity index (χ0n) is 19.5. The molecule has 0 spiro atoms. The number of hydrogen-bond donors (Lipinski definition) is 0. The summed E-state index contributed by atoms with van der Waals surface area (Å²) in [4.78, 5) is 0. The predicted molar refractivity (Wildman–Crippen MR) is 119 cm³/mol. The summed E-state index contributed by atoms with van der Waals surface area (Å²) in [5, 5.41) is 0. The van der Waals surface area contributed by atoms with E-state index < -0.39 is 15.2 Å². The van der Waals surface area contributed by atoms with Crippen LogP contribution in [0.2, 0.25) is 6.04 Å². The van der Waals surface area contributed by atoms with Crippen LogP contribution in [0, 0.1) is 17.8 Å². The van der Waals surface area contributed by atoms with Gasteiger partial charge in [0.15, 0.2) is 0 Å². The van der Waals surface area contributed by atoms with Crippen LogP contribution < -0.4 is 4.74 Å². The monoisotopic (exact) mass is 474 g/mol. The Kier molecular flexibility index (Phi) is 9.06. The maximum atomic E-state index is 12.3. The Bertz CT molecular complexity index is 669. The maximum absolute atomic E-state index is 12.3. The molecular weight excluding hydrogens is 437 g/mol. The fourth-order valence-electron chi connectivity index (χ4n) is 5.75. The third-order valence-corrected chi connectivity index (χ3v) is 10.5. The molecule has 0 aromatic heterocycles. The van der Waals surface area contributed by atoms with E-state index in [-0.39, 0.29) is 5.75 Å². The molecule has 2 fully saturated rings. The van der Waals surface area contributed by atoms with Crippen molar-refractivity contribution < 1.29 is 31.2 Å². The van der Waals surface area contributed by atoms with Gasteiger partial charge in [0, 0.05) is 27.4 Å². The number of hydrogen-bond acceptors (Lipinski definition) is 4. The molecule has 1 aromatic rings. The van der Waals surface area contributed by atoms with Crippen LogP contribution in [0.5, 0.6) is 5.75 Å². The van der Waals surface area contributed by atoms with Gasteiger partial charge in [-0.1, -0.05) is 25.0 Å². The molecule has 2 aliphatic carbocycles. The van der Waals surface area contributed by atoms with Crippen molar-refractivity contribution in [2.45, 2.75) is 76.1 Å². The van der Waals surface area contributed by atoms with E-state index in [0.29, 0.717) is 5.92 Å². The highest BCUT2D eigenvalue weighted by atomic mass is 28.4. The largest absolute Gasteiger partial charge is 0.573 e. The lowest BCUT2D eigenvalue weighted by Gasteiger charge is -2.38. The second-order valence-corrected chi connectivity index (χ2v) is 12.4. The summed E-state index contributed by atoms with van der Waals surface area (Å²) in [6, 6.07) is 7.33. The van der Waals surface area contributed by atoms with Gasteiger partial charge in [-0.25, -0.2) is 0 Å². The van der Waals surface area contributed by atoms with Crippen LogP contribution >= 0.6 is 0 Å². The highest BCUT2D eigenvalue weighted by molar-refractivity contribution is 6.60. The molecule has 0 atom stereocenters. The first-order valence-corrected chi connectivity index (χ1v) is 13.7. The van der Waals surface area contributed by atoms with Crippen LogP contribution in [-0.2, 0) is 13.3 Å². The first-order chi connectivity index (χ1) is 15.3. The number of rotatable bonds is 9. The lowest BCUT2D eigenvalue weighted by molar-refractivity contribution is -0.274. The SMILES string of the molecule is CO[Si](CC[C@H]1CC[C@H](C2CCC(c3ccc(OC(F)(F)F)cc3)CC2)CC1)(OC)OC. The molecule has 3 rings (SSSR count). The van der Waals surface area contributed by atoms with E-state index in [4.69, 9.17) is 13.3 Å². The third kappa shape index (κ3) is 6.95. The molecule has 0 bridgehead atoms. The van der Waals surface area contributed by atoms with E-state index in [2.05, 4.69) is 4.74 Å². The van der Waals surface area contributed by atoms with Crippen LogP contribution in [0.15, 0.2) is 24.3 Å². The van der Waals surface area contributed by atoms with Gasteiger partial charge in [-0.3, -0.25) is 0 Å². The maximum Gasteiger partial charge on any atom is 0.573 e. The Hall–Kier alpha value is -1.09. The van der Waals surface area contributed by atoms with Gasteiger partial charge < -0.3 is 18.0 Å². The molecule has 0 aliphatic heterocycles. The molecular formula is C24H37F3O4Si. The molecule has 0 N–H and O–H groups in total. The highest BCUT2D eigenvalue weighted by Crippen LogP contribution is 2.45. The van der Waals surface area contributed by atoms with Gasteiger partial charge in [0.25, 0.3) is 0 Å². The van der Waals surface area contributed by atoms with Crippen molar-refractivity contribution >= 4 is 8.80 Å². The zero-order chi connectivity index (χ0) is 23.2. The summed E-state index contributed by atoms with van der Waals surface area (Å²) in [6.45, 7) is 0. The first kappa shape index (κ1) is 25.5. The van der Waals surface area contributed by atoms with Gasteiger partial charge in [0.05, 0.1) is 0 Å². The van der Waals surface area contributed by atoms with Crippen molar-refractivity contribution in [2.75, 3.05) is 21.3 Å². The van der Waals surface area contributed by atoms with Crippen molar-refractivity contribution in [3.8, 4) is 5.75 Å². The van der Waals surface area contributed by atoms with Crippen LogP contribution in [0.4, 0.5) is 13.2 Å². The van der Waals surface area contributed by atoms with Crippen LogP contribution in [-0.4, -0.2) is 36.5 Å². The van der Waals surface area contributed by atoms with Crippen molar-refractivity contribution in [1.82, 2.24) is 0 Å². The molecule has 2 aliphatic rings. The van der Waals surface area contributed by atoms with E-state index in [9.17, 15) is 13.2 Å². The topological polar surface area (TPSA) is 36.9 Å². The fraction of sp³-hybridized carbons (Fsp3) is 0.750. The predicted octanol–water partition coefficient (Wildman–Crippen LogP) is 6.93. The highest BCUT2D eigenvalue weighted by Gasteiger charge is 2.39. The summed E-state index contributed by atoms with van der Waals surface area (Å²) in [5.74, 6) is 2.62. The van der Waals surface area contributed by atoms with Gasteiger partial charge in [-0.15, -0.1) is 13.2 Å². The quantitative estimate of drug-likeness (QED) is 0.364. The Labute approximate surface area is 191 Å². The van der Waals surface area contributed by atoms with Crippen LogP contribution in [0.3, 0.4) is 0 Å². The van der Waals surface area contributed by atoms with Gasteiger partial charge in [0.1, 0.15) is 5.75 Å². The minimum Gasteiger partial charge on any atom is -0.406 e. The van der Waals surface area contributed by atoms with E-state index >= 15 is 0 Å². The van der Waals surface area contributed by atoms with E-state index in [1.54, 1.807) is 33.5 Å².